The molecule has 0 bridgehead atoms. The Bertz CT molecular complexity index is 473. The average Bonchev–Trinajstić information content (AvgIpc) is 2.47. The van der Waals surface area contributed by atoms with Crippen molar-refractivity contribution in [1.29, 1.82) is 0 Å². The van der Waals surface area contributed by atoms with Gasteiger partial charge in [-0.15, -0.1) is 12.4 Å². The molecule has 0 spiro atoms. The van der Waals surface area contributed by atoms with Crippen molar-refractivity contribution in [3.63, 3.8) is 0 Å². The van der Waals surface area contributed by atoms with Gasteiger partial charge in [0.15, 0.2) is 0 Å². The van der Waals surface area contributed by atoms with E-state index in [1.54, 1.807) is 0 Å². The second kappa shape index (κ2) is 3.26. The number of benzene rings is 2. The lowest BCUT2D eigenvalue weighted by molar-refractivity contribution is 0.757. The lowest BCUT2D eigenvalue weighted by Gasteiger charge is -2.02. The largest absolute Gasteiger partial charge is 0.324 e. The van der Waals surface area contributed by atoms with Gasteiger partial charge in [-0.2, -0.15) is 0 Å². The molecule has 2 aromatic carbocycles. The Morgan fingerprint density at radius 1 is 1.07 bits per heavy atom. The molecule has 0 radical (unpaired) electrons. The van der Waals surface area contributed by atoms with E-state index in [1.165, 1.54) is 21.9 Å². The number of nitrogens with two attached hydrogens (primary N) is 1. The third-order valence-corrected chi connectivity index (χ3v) is 2.86. The summed E-state index contributed by atoms with van der Waals surface area (Å²) >= 11 is 0. The van der Waals surface area contributed by atoms with Gasteiger partial charge in [-0.1, -0.05) is 36.4 Å². The Labute approximate surface area is 89.3 Å². The third kappa shape index (κ3) is 1.13. The highest BCUT2D eigenvalue weighted by Gasteiger charge is 2.19. The van der Waals surface area contributed by atoms with Gasteiger partial charge in [0, 0.05) is 6.04 Å². The topological polar surface area (TPSA) is 26.0 Å². The molecule has 1 aliphatic carbocycles. The van der Waals surface area contributed by atoms with Crippen molar-refractivity contribution in [2.24, 2.45) is 5.73 Å². The van der Waals surface area contributed by atoms with Crippen molar-refractivity contribution < 1.29 is 0 Å². The molecule has 0 unspecified atom stereocenters. The summed E-state index contributed by atoms with van der Waals surface area (Å²) in [6.45, 7) is 0. The van der Waals surface area contributed by atoms with E-state index in [9.17, 15) is 0 Å². The van der Waals surface area contributed by atoms with Crippen molar-refractivity contribution in [3.8, 4) is 0 Å². The molecule has 2 heteroatoms. The molecule has 3 rings (SSSR count). The Kier molecular flexibility index (Phi) is 2.22. The molecule has 0 amide bonds. The number of hydrogen-bond acceptors (Lipinski definition) is 1. The maximum atomic E-state index is 6.04. The maximum absolute atomic E-state index is 6.04. The smallest absolute Gasteiger partial charge is 0.0342 e. The van der Waals surface area contributed by atoms with Crippen LogP contribution in [0, 0.1) is 0 Å². The van der Waals surface area contributed by atoms with Crippen LogP contribution in [-0.2, 0) is 6.42 Å². The Morgan fingerprint density at radius 2 is 1.79 bits per heavy atom. The lowest BCUT2D eigenvalue weighted by atomic mass is 10.1. The second-order valence-electron chi connectivity index (χ2n) is 3.67. The van der Waals surface area contributed by atoms with Gasteiger partial charge < -0.3 is 5.73 Å². The summed E-state index contributed by atoms with van der Waals surface area (Å²) in [5.41, 5.74) is 8.76. The van der Waals surface area contributed by atoms with E-state index < -0.39 is 0 Å². The summed E-state index contributed by atoms with van der Waals surface area (Å²) in [6.07, 6.45) is 0.997. The molecule has 14 heavy (non-hydrogen) atoms. The fourth-order valence-corrected chi connectivity index (χ4v) is 2.28. The maximum Gasteiger partial charge on any atom is 0.0342 e. The zero-order chi connectivity index (χ0) is 8.84. The molecule has 1 nitrogen and oxygen atoms in total. The molecule has 2 N–H and O–H groups in total. The molecule has 2 aromatic rings. The van der Waals surface area contributed by atoms with E-state index in [0.717, 1.165) is 6.42 Å². The Balaban J connectivity index is 0.000000750. The summed E-state index contributed by atoms with van der Waals surface area (Å²) in [4.78, 5) is 0. The van der Waals surface area contributed by atoms with Gasteiger partial charge in [-0.05, 0) is 28.3 Å². The van der Waals surface area contributed by atoms with Crippen LogP contribution in [0.5, 0.6) is 0 Å². The molecule has 72 valence electrons. The van der Waals surface area contributed by atoms with Gasteiger partial charge in [0.05, 0.1) is 0 Å². The summed E-state index contributed by atoms with van der Waals surface area (Å²) < 4.78 is 0. The van der Waals surface area contributed by atoms with Crippen LogP contribution in [0.4, 0.5) is 0 Å². The van der Waals surface area contributed by atoms with Crippen LogP contribution in [0.25, 0.3) is 10.8 Å². The van der Waals surface area contributed by atoms with Crippen LogP contribution >= 0.6 is 12.4 Å². The van der Waals surface area contributed by atoms with Crippen LogP contribution in [0.15, 0.2) is 36.4 Å². The van der Waals surface area contributed by atoms with Gasteiger partial charge in [-0.25, -0.2) is 0 Å². The van der Waals surface area contributed by atoms with Crippen LogP contribution < -0.4 is 5.73 Å². The predicted octanol–water partition coefficient (Wildman–Crippen LogP) is 2.82. The fraction of sp³-hybridized carbons (Fsp3) is 0.167. The third-order valence-electron chi connectivity index (χ3n) is 2.86. The molecule has 0 heterocycles. The minimum Gasteiger partial charge on any atom is -0.324 e. The molecule has 0 saturated heterocycles. The summed E-state index contributed by atoms with van der Waals surface area (Å²) in [7, 11) is 0. The quantitative estimate of drug-likeness (QED) is 0.703. The van der Waals surface area contributed by atoms with Crippen molar-refractivity contribution in [3.05, 3.63) is 47.5 Å². The molecule has 1 aliphatic rings. The Hall–Kier alpha value is -1.05. The summed E-state index contributed by atoms with van der Waals surface area (Å²) in [5.74, 6) is 0. The first kappa shape index (κ1) is 9.50. The SMILES string of the molecule is Cl.N[C@@H]1Cc2cccc3cccc1c23. The van der Waals surface area contributed by atoms with Crippen molar-refractivity contribution in [1.82, 2.24) is 0 Å². The monoisotopic (exact) mass is 205 g/mol. The minimum absolute atomic E-state index is 0. The summed E-state index contributed by atoms with van der Waals surface area (Å²) in [5, 5.41) is 2.71. The van der Waals surface area contributed by atoms with Gasteiger partial charge >= 0.3 is 0 Å². The Morgan fingerprint density at radius 3 is 2.57 bits per heavy atom. The van der Waals surface area contributed by atoms with E-state index in [2.05, 4.69) is 36.4 Å². The van der Waals surface area contributed by atoms with Crippen molar-refractivity contribution in [2.45, 2.75) is 12.5 Å². The van der Waals surface area contributed by atoms with E-state index >= 15 is 0 Å². The second-order valence-corrected chi connectivity index (χ2v) is 3.67. The van der Waals surface area contributed by atoms with Crippen molar-refractivity contribution >= 4 is 23.2 Å². The van der Waals surface area contributed by atoms with E-state index in [-0.39, 0.29) is 18.4 Å². The van der Waals surface area contributed by atoms with Crippen molar-refractivity contribution in [2.75, 3.05) is 0 Å². The van der Waals surface area contributed by atoms with Gasteiger partial charge in [-0.3, -0.25) is 0 Å². The highest BCUT2D eigenvalue weighted by molar-refractivity contribution is 5.91. The first-order valence-corrected chi connectivity index (χ1v) is 4.62. The fourth-order valence-electron chi connectivity index (χ4n) is 2.28. The molecular weight excluding hydrogens is 194 g/mol. The number of rotatable bonds is 0. The highest BCUT2D eigenvalue weighted by atomic mass is 35.5. The van der Waals surface area contributed by atoms with E-state index in [1.807, 2.05) is 0 Å². The standard InChI is InChI=1S/C12H11N.ClH/c13-11-7-9-5-1-3-8-4-2-6-10(11)12(8)9;/h1-6,11H,7,13H2;1H/t11-;/m1./s1. The predicted molar refractivity (Wildman–Crippen MR) is 61.8 cm³/mol. The number of halogens is 1. The molecular formula is C12H12ClN. The zero-order valence-corrected chi connectivity index (χ0v) is 8.55. The molecule has 1 atom stereocenters. The van der Waals surface area contributed by atoms with E-state index in [4.69, 9.17) is 5.73 Å². The molecule has 0 aromatic heterocycles. The highest BCUT2D eigenvalue weighted by Crippen LogP contribution is 2.35. The minimum atomic E-state index is 0. The lowest BCUT2D eigenvalue weighted by Crippen LogP contribution is -2.07. The molecule has 0 fully saturated rings. The van der Waals surface area contributed by atoms with E-state index in [0.29, 0.717) is 0 Å². The molecule has 0 saturated carbocycles. The van der Waals surface area contributed by atoms with Crippen LogP contribution in [0.3, 0.4) is 0 Å². The van der Waals surface area contributed by atoms with Gasteiger partial charge in [0.25, 0.3) is 0 Å². The summed E-state index contributed by atoms with van der Waals surface area (Å²) in [6, 6.07) is 13.0. The van der Waals surface area contributed by atoms with Crippen LogP contribution in [0.2, 0.25) is 0 Å². The van der Waals surface area contributed by atoms with Crippen LogP contribution in [-0.4, -0.2) is 0 Å². The zero-order valence-electron chi connectivity index (χ0n) is 7.73. The molecule has 0 aliphatic heterocycles. The van der Waals surface area contributed by atoms with Gasteiger partial charge in [0.1, 0.15) is 0 Å². The average molecular weight is 206 g/mol. The first-order valence-electron chi connectivity index (χ1n) is 4.62. The van der Waals surface area contributed by atoms with Crippen LogP contribution in [0.1, 0.15) is 17.2 Å². The number of hydrogen-bond donors (Lipinski definition) is 1. The van der Waals surface area contributed by atoms with Gasteiger partial charge in [0.2, 0.25) is 0 Å². The first-order chi connectivity index (χ1) is 6.36. The normalized spacial score (nSPS) is 18.2.